The van der Waals surface area contributed by atoms with E-state index in [1.807, 2.05) is 0 Å². The third-order valence-electron chi connectivity index (χ3n) is 2.80. The fraction of sp³-hybridized carbons (Fsp3) is 0.385. The minimum atomic E-state index is -4.38. The van der Waals surface area contributed by atoms with Gasteiger partial charge in [-0.25, -0.2) is 4.98 Å². The van der Waals surface area contributed by atoms with Crippen molar-refractivity contribution in [1.29, 1.82) is 0 Å². The van der Waals surface area contributed by atoms with Crippen LogP contribution in [0.3, 0.4) is 0 Å². The van der Waals surface area contributed by atoms with Gasteiger partial charge < -0.3 is 9.72 Å². The van der Waals surface area contributed by atoms with Gasteiger partial charge in [0.25, 0.3) is 0 Å². The van der Waals surface area contributed by atoms with Gasteiger partial charge in [-0.3, -0.25) is 4.79 Å². The number of rotatable bonds is 3. The first kappa shape index (κ1) is 14.4. The van der Waals surface area contributed by atoms with Crippen LogP contribution in [0.2, 0.25) is 0 Å². The smallest absolute Gasteiger partial charge is 0.350 e. The lowest BCUT2D eigenvalue weighted by Crippen LogP contribution is -2.27. The highest BCUT2D eigenvalue weighted by Gasteiger charge is 2.30. The summed E-state index contributed by atoms with van der Waals surface area (Å²) in [5.74, 6) is -0.276. The molecule has 0 spiro atoms. The molecule has 0 saturated heterocycles. The van der Waals surface area contributed by atoms with Gasteiger partial charge in [-0.05, 0) is 12.1 Å². The van der Waals surface area contributed by atoms with E-state index in [0.717, 1.165) is 12.3 Å². The van der Waals surface area contributed by atoms with Crippen LogP contribution in [-0.4, -0.2) is 15.3 Å². The molecule has 0 saturated carbocycles. The van der Waals surface area contributed by atoms with E-state index in [0.29, 0.717) is 11.3 Å². The lowest BCUT2D eigenvalue weighted by Gasteiger charge is -2.06. The maximum Gasteiger partial charge on any atom is 0.417 e. The molecule has 0 aliphatic carbocycles. The van der Waals surface area contributed by atoms with Gasteiger partial charge in [0.1, 0.15) is 5.65 Å². The van der Waals surface area contributed by atoms with E-state index in [4.69, 9.17) is 0 Å². The van der Waals surface area contributed by atoms with E-state index in [1.165, 1.54) is 16.7 Å². The topological polar surface area (TPSA) is 46.4 Å². The molecule has 0 fully saturated rings. The molecule has 0 atom stereocenters. The largest absolute Gasteiger partial charge is 0.417 e. The van der Waals surface area contributed by atoms with Crippen molar-refractivity contribution in [3.05, 3.63) is 35.8 Å². The lowest BCUT2D eigenvalue weighted by atomic mass is 10.2. The van der Waals surface area contributed by atoms with Crippen LogP contribution in [0.1, 0.15) is 25.1 Å². The predicted octanol–water partition coefficient (Wildman–Crippen LogP) is 2.63. The van der Waals surface area contributed by atoms with Gasteiger partial charge in [-0.1, -0.05) is 13.8 Å². The number of nitrogens with zero attached hydrogens (tertiary/aromatic N) is 2. The molecule has 1 N–H and O–H groups in total. The molecule has 0 aliphatic heterocycles. The zero-order valence-electron chi connectivity index (χ0n) is 11.0. The van der Waals surface area contributed by atoms with Crippen LogP contribution in [0.4, 0.5) is 13.2 Å². The fourth-order valence-corrected chi connectivity index (χ4v) is 1.68. The number of fused-ring (bicyclic) bond motifs is 1. The summed E-state index contributed by atoms with van der Waals surface area (Å²) in [6, 6.07) is 2.29. The number of hydrogen-bond acceptors (Lipinski definition) is 2. The van der Waals surface area contributed by atoms with Gasteiger partial charge in [0, 0.05) is 18.3 Å². The number of hydrogen-bond donors (Lipinski definition) is 1. The second kappa shape index (κ2) is 5.15. The minimum Gasteiger partial charge on any atom is -0.350 e. The van der Waals surface area contributed by atoms with Crippen LogP contribution in [0.25, 0.3) is 5.65 Å². The number of carbonyl (C=O) groups is 1. The number of halogens is 3. The molecule has 108 valence electrons. The molecule has 2 heterocycles. The van der Waals surface area contributed by atoms with E-state index in [9.17, 15) is 18.0 Å². The quantitative estimate of drug-likeness (QED) is 0.942. The Morgan fingerprint density at radius 3 is 2.65 bits per heavy atom. The number of alkyl halides is 3. The SMILES string of the molecule is CC(C)C(=O)NCc1cn2cc(C(F)(F)F)ccc2n1. The van der Waals surface area contributed by atoms with E-state index >= 15 is 0 Å². The highest BCUT2D eigenvalue weighted by atomic mass is 19.4. The normalized spacial score (nSPS) is 12.1. The van der Waals surface area contributed by atoms with Crippen LogP contribution in [0, 0.1) is 5.92 Å². The van der Waals surface area contributed by atoms with Crippen molar-refractivity contribution in [3.8, 4) is 0 Å². The minimum absolute atomic E-state index is 0.127. The van der Waals surface area contributed by atoms with Crippen LogP contribution in [0.5, 0.6) is 0 Å². The maximum atomic E-state index is 12.6. The van der Waals surface area contributed by atoms with Gasteiger partial charge in [0.15, 0.2) is 0 Å². The van der Waals surface area contributed by atoms with E-state index in [-0.39, 0.29) is 18.4 Å². The average Bonchev–Trinajstić information content (AvgIpc) is 2.76. The molecule has 0 aliphatic rings. The molecule has 0 unspecified atom stereocenters. The Kier molecular flexibility index (Phi) is 3.69. The molecule has 0 radical (unpaired) electrons. The number of pyridine rings is 1. The van der Waals surface area contributed by atoms with Crippen molar-refractivity contribution in [2.24, 2.45) is 5.92 Å². The van der Waals surface area contributed by atoms with Crippen LogP contribution < -0.4 is 5.32 Å². The molecular formula is C13H14F3N3O. The van der Waals surface area contributed by atoms with Gasteiger partial charge >= 0.3 is 6.18 Å². The first-order valence-corrected chi connectivity index (χ1v) is 6.10. The fourth-order valence-electron chi connectivity index (χ4n) is 1.68. The number of aromatic nitrogens is 2. The third-order valence-corrected chi connectivity index (χ3v) is 2.80. The Morgan fingerprint density at radius 2 is 2.05 bits per heavy atom. The molecule has 2 aromatic heterocycles. The molecule has 2 aromatic rings. The number of carbonyl (C=O) groups excluding carboxylic acids is 1. The zero-order valence-corrected chi connectivity index (χ0v) is 11.0. The predicted molar refractivity (Wildman–Crippen MR) is 66.9 cm³/mol. The molecule has 20 heavy (non-hydrogen) atoms. The van der Waals surface area contributed by atoms with Crippen LogP contribution in [-0.2, 0) is 17.5 Å². The summed E-state index contributed by atoms with van der Waals surface area (Å²) >= 11 is 0. The summed E-state index contributed by atoms with van der Waals surface area (Å²) in [6.45, 7) is 3.71. The van der Waals surface area contributed by atoms with Crippen LogP contribution in [0.15, 0.2) is 24.5 Å². The third kappa shape index (κ3) is 3.09. The summed E-state index contributed by atoms with van der Waals surface area (Å²) in [6.07, 6.45) is -1.92. The standard InChI is InChI=1S/C13H14F3N3O/c1-8(2)12(20)17-5-10-7-19-6-9(13(14,15)16)3-4-11(19)18-10/h3-4,6-8H,5H2,1-2H3,(H,17,20). The Bertz CT molecular complexity index is 631. The number of nitrogens with one attached hydrogen (secondary N) is 1. The number of imidazole rings is 1. The Labute approximate surface area is 113 Å². The van der Waals surface area contributed by atoms with Crippen molar-refractivity contribution < 1.29 is 18.0 Å². The summed E-state index contributed by atoms with van der Waals surface area (Å²) in [4.78, 5) is 15.6. The van der Waals surface area contributed by atoms with Crippen LogP contribution >= 0.6 is 0 Å². The summed E-state index contributed by atoms with van der Waals surface area (Å²) in [5, 5.41) is 2.67. The Balaban J connectivity index is 2.19. The molecule has 4 nitrogen and oxygen atoms in total. The highest BCUT2D eigenvalue weighted by Crippen LogP contribution is 2.29. The monoisotopic (exact) mass is 285 g/mol. The molecule has 7 heteroatoms. The van der Waals surface area contributed by atoms with Crippen molar-refractivity contribution in [3.63, 3.8) is 0 Å². The first-order valence-electron chi connectivity index (χ1n) is 6.10. The summed E-state index contributed by atoms with van der Waals surface area (Å²) < 4.78 is 39.0. The number of amides is 1. The van der Waals surface area contributed by atoms with E-state index in [1.54, 1.807) is 13.8 Å². The van der Waals surface area contributed by atoms with Crippen molar-refractivity contribution in [2.75, 3.05) is 0 Å². The van der Waals surface area contributed by atoms with Crippen molar-refractivity contribution in [2.45, 2.75) is 26.6 Å². The van der Waals surface area contributed by atoms with Crippen molar-refractivity contribution in [1.82, 2.24) is 14.7 Å². The maximum absolute atomic E-state index is 12.6. The van der Waals surface area contributed by atoms with Crippen molar-refractivity contribution >= 4 is 11.6 Å². The Morgan fingerprint density at radius 1 is 1.35 bits per heavy atom. The zero-order chi connectivity index (χ0) is 14.9. The van der Waals surface area contributed by atoms with E-state index < -0.39 is 11.7 Å². The average molecular weight is 285 g/mol. The second-order valence-corrected chi connectivity index (χ2v) is 4.79. The highest BCUT2D eigenvalue weighted by molar-refractivity contribution is 5.77. The van der Waals surface area contributed by atoms with Gasteiger partial charge in [0.2, 0.25) is 5.91 Å². The van der Waals surface area contributed by atoms with E-state index in [2.05, 4.69) is 10.3 Å². The van der Waals surface area contributed by atoms with Gasteiger partial charge in [-0.15, -0.1) is 0 Å². The first-order chi connectivity index (χ1) is 9.27. The van der Waals surface area contributed by atoms with Gasteiger partial charge in [-0.2, -0.15) is 13.2 Å². The molecule has 0 aromatic carbocycles. The summed E-state index contributed by atoms with van der Waals surface area (Å²) in [7, 11) is 0. The van der Waals surface area contributed by atoms with Gasteiger partial charge in [0.05, 0.1) is 17.8 Å². The second-order valence-electron chi connectivity index (χ2n) is 4.79. The molecule has 1 amide bonds. The molecular weight excluding hydrogens is 271 g/mol. The molecule has 0 bridgehead atoms. The Hall–Kier alpha value is -2.05. The molecule has 2 rings (SSSR count). The summed E-state index contributed by atoms with van der Waals surface area (Å²) in [5.41, 5.74) is 0.185. The lowest BCUT2D eigenvalue weighted by molar-refractivity contribution is -0.137.